The van der Waals surface area contributed by atoms with Crippen LogP contribution in [0.3, 0.4) is 0 Å². The number of nitrogens with zero attached hydrogens (tertiary/aromatic N) is 1. The number of hydrogen-bond donors (Lipinski definition) is 1. The maximum atomic E-state index is 13.1. The summed E-state index contributed by atoms with van der Waals surface area (Å²) in [6.07, 6.45) is 3.19. The third-order valence-corrected chi connectivity index (χ3v) is 6.43. The molecule has 0 aliphatic heterocycles. The van der Waals surface area contributed by atoms with Crippen LogP contribution in [-0.2, 0) is 10.0 Å². The second-order valence-corrected chi connectivity index (χ2v) is 9.19. The minimum Gasteiger partial charge on any atom is -0.497 e. The number of benzene rings is 2. The molecule has 0 spiro atoms. The van der Waals surface area contributed by atoms with E-state index >= 15 is 0 Å². The van der Waals surface area contributed by atoms with Gasteiger partial charge in [0.25, 0.3) is 15.9 Å². The van der Waals surface area contributed by atoms with Crippen LogP contribution in [0.4, 0.5) is 5.69 Å². The first kappa shape index (κ1) is 21.2. The summed E-state index contributed by atoms with van der Waals surface area (Å²) in [4.78, 5) is 15.1. The summed E-state index contributed by atoms with van der Waals surface area (Å²) in [7, 11) is -2.27. The lowest BCUT2D eigenvalue weighted by Crippen LogP contribution is -2.34. The first-order valence-electron chi connectivity index (χ1n) is 9.91. The van der Waals surface area contributed by atoms with Gasteiger partial charge in [-0.1, -0.05) is 13.0 Å². The number of anilines is 1. The summed E-state index contributed by atoms with van der Waals surface area (Å²) < 4.78 is 33.4. The summed E-state index contributed by atoms with van der Waals surface area (Å²) >= 11 is 0. The van der Waals surface area contributed by atoms with Crippen LogP contribution in [0.25, 0.3) is 0 Å². The number of nitrogens with one attached hydrogen (secondary N) is 1. The fourth-order valence-electron chi connectivity index (χ4n) is 3.20. The highest BCUT2D eigenvalue weighted by atomic mass is 32.2. The summed E-state index contributed by atoms with van der Waals surface area (Å²) in [6, 6.07) is 11.3. The SMILES string of the molecule is CCCN(CC1CC1)C(=O)c1cc(S(=O)(=O)Nc2ccc(OC)cc2)ccc1C. The first-order valence-corrected chi connectivity index (χ1v) is 11.4. The molecule has 0 bridgehead atoms. The Labute approximate surface area is 172 Å². The van der Waals surface area contributed by atoms with Crippen molar-refractivity contribution in [2.24, 2.45) is 5.92 Å². The van der Waals surface area contributed by atoms with Crippen LogP contribution in [0.2, 0.25) is 0 Å². The normalized spacial score (nSPS) is 13.8. The molecule has 0 aromatic heterocycles. The molecular weight excluding hydrogens is 388 g/mol. The van der Waals surface area contributed by atoms with Gasteiger partial charge in [0.05, 0.1) is 12.0 Å². The van der Waals surface area contributed by atoms with Crippen molar-refractivity contribution >= 4 is 21.6 Å². The molecule has 0 unspecified atom stereocenters. The lowest BCUT2D eigenvalue weighted by atomic mass is 10.1. The van der Waals surface area contributed by atoms with Crippen molar-refractivity contribution in [2.45, 2.75) is 38.0 Å². The van der Waals surface area contributed by atoms with Gasteiger partial charge < -0.3 is 9.64 Å². The Morgan fingerprint density at radius 3 is 2.45 bits per heavy atom. The van der Waals surface area contributed by atoms with Crippen LogP contribution in [-0.4, -0.2) is 39.4 Å². The first-order chi connectivity index (χ1) is 13.8. The second kappa shape index (κ2) is 8.86. The average molecular weight is 417 g/mol. The number of carbonyl (C=O) groups is 1. The molecule has 1 aliphatic rings. The Bertz CT molecular complexity index is 967. The molecule has 2 aromatic rings. The predicted octanol–water partition coefficient (Wildman–Crippen LogP) is 4.07. The molecule has 0 saturated heterocycles. The van der Waals surface area contributed by atoms with Crippen molar-refractivity contribution < 1.29 is 17.9 Å². The highest BCUT2D eigenvalue weighted by molar-refractivity contribution is 7.92. The number of sulfonamides is 1. The number of methoxy groups -OCH3 is 1. The summed E-state index contributed by atoms with van der Waals surface area (Å²) in [6.45, 7) is 5.30. The predicted molar refractivity (Wildman–Crippen MR) is 114 cm³/mol. The number of aryl methyl sites for hydroxylation is 1. The van der Waals surface area contributed by atoms with E-state index in [0.29, 0.717) is 29.5 Å². The molecule has 1 fully saturated rings. The van der Waals surface area contributed by atoms with Crippen LogP contribution >= 0.6 is 0 Å². The van der Waals surface area contributed by atoms with Crippen LogP contribution in [0.15, 0.2) is 47.4 Å². The zero-order valence-corrected chi connectivity index (χ0v) is 18.0. The number of amides is 1. The summed E-state index contributed by atoms with van der Waals surface area (Å²) in [5.41, 5.74) is 1.65. The average Bonchev–Trinajstić information content (AvgIpc) is 3.52. The summed E-state index contributed by atoms with van der Waals surface area (Å²) in [5.74, 6) is 1.12. The minimum absolute atomic E-state index is 0.0742. The molecule has 0 heterocycles. The van der Waals surface area contributed by atoms with Crippen molar-refractivity contribution in [2.75, 3.05) is 24.9 Å². The molecular formula is C22H28N2O4S. The molecule has 156 valence electrons. The van der Waals surface area contributed by atoms with E-state index in [0.717, 1.165) is 31.4 Å². The zero-order valence-electron chi connectivity index (χ0n) is 17.1. The van der Waals surface area contributed by atoms with E-state index in [1.807, 2.05) is 18.7 Å². The van der Waals surface area contributed by atoms with Gasteiger partial charge in [-0.3, -0.25) is 9.52 Å². The van der Waals surface area contributed by atoms with Crippen LogP contribution in [0, 0.1) is 12.8 Å². The molecule has 0 atom stereocenters. The van der Waals surface area contributed by atoms with E-state index in [4.69, 9.17) is 4.74 Å². The molecule has 1 N–H and O–H groups in total. The van der Waals surface area contributed by atoms with E-state index in [9.17, 15) is 13.2 Å². The third-order valence-electron chi connectivity index (χ3n) is 5.05. The van der Waals surface area contributed by atoms with E-state index in [-0.39, 0.29) is 10.8 Å². The Hall–Kier alpha value is -2.54. The molecule has 2 aromatic carbocycles. The van der Waals surface area contributed by atoms with Crippen LogP contribution in [0.5, 0.6) is 5.75 Å². The Morgan fingerprint density at radius 1 is 1.17 bits per heavy atom. The van der Waals surface area contributed by atoms with Crippen molar-refractivity contribution in [1.82, 2.24) is 4.90 Å². The van der Waals surface area contributed by atoms with Crippen LogP contribution in [0.1, 0.15) is 42.1 Å². The van der Waals surface area contributed by atoms with Gasteiger partial charge in [-0.05, 0) is 74.1 Å². The fourth-order valence-corrected chi connectivity index (χ4v) is 4.28. The van der Waals surface area contributed by atoms with Gasteiger partial charge in [-0.15, -0.1) is 0 Å². The Balaban J connectivity index is 1.85. The van der Waals surface area contributed by atoms with Gasteiger partial charge in [-0.2, -0.15) is 0 Å². The van der Waals surface area contributed by atoms with Gasteiger partial charge in [0.2, 0.25) is 0 Å². The number of carbonyl (C=O) groups excluding carboxylic acids is 1. The maximum Gasteiger partial charge on any atom is 0.261 e. The van der Waals surface area contributed by atoms with E-state index in [2.05, 4.69) is 4.72 Å². The Kier molecular flexibility index (Phi) is 6.47. The van der Waals surface area contributed by atoms with Gasteiger partial charge in [0.1, 0.15) is 5.75 Å². The smallest absolute Gasteiger partial charge is 0.261 e. The van der Waals surface area contributed by atoms with Crippen molar-refractivity contribution in [3.8, 4) is 5.75 Å². The molecule has 1 aliphatic carbocycles. The van der Waals surface area contributed by atoms with Gasteiger partial charge in [0.15, 0.2) is 0 Å². The van der Waals surface area contributed by atoms with Crippen molar-refractivity contribution in [3.05, 3.63) is 53.6 Å². The summed E-state index contributed by atoms with van der Waals surface area (Å²) in [5, 5.41) is 0. The standard InChI is InChI=1S/C22H28N2O4S/c1-4-13-24(15-17-6-7-17)22(25)21-14-20(12-5-16(21)2)29(26,27)23-18-8-10-19(28-3)11-9-18/h5,8-12,14,17,23H,4,6-7,13,15H2,1-3H3. The minimum atomic E-state index is -3.82. The monoisotopic (exact) mass is 416 g/mol. The molecule has 1 saturated carbocycles. The Morgan fingerprint density at radius 2 is 1.86 bits per heavy atom. The molecule has 6 nitrogen and oxygen atoms in total. The van der Waals surface area contributed by atoms with E-state index in [1.54, 1.807) is 37.4 Å². The van der Waals surface area contributed by atoms with E-state index in [1.165, 1.54) is 12.1 Å². The fraction of sp³-hybridized carbons (Fsp3) is 0.409. The maximum absolute atomic E-state index is 13.1. The lowest BCUT2D eigenvalue weighted by Gasteiger charge is -2.23. The number of rotatable bonds is 9. The van der Waals surface area contributed by atoms with E-state index < -0.39 is 10.0 Å². The molecule has 1 amide bonds. The molecule has 3 rings (SSSR count). The lowest BCUT2D eigenvalue weighted by molar-refractivity contribution is 0.0746. The second-order valence-electron chi connectivity index (χ2n) is 7.51. The van der Waals surface area contributed by atoms with Gasteiger partial charge in [-0.25, -0.2) is 8.42 Å². The highest BCUT2D eigenvalue weighted by Gasteiger charge is 2.28. The largest absolute Gasteiger partial charge is 0.497 e. The topological polar surface area (TPSA) is 75.7 Å². The van der Waals surface area contributed by atoms with Gasteiger partial charge in [0, 0.05) is 24.3 Å². The van der Waals surface area contributed by atoms with Crippen molar-refractivity contribution in [1.29, 1.82) is 0 Å². The zero-order chi connectivity index (χ0) is 21.0. The number of ether oxygens (including phenoxy) is 1. The van der Waals surface area contributed by atoms with Gasteiger partial charge >= 0.3 is 0 Å². The molecule has 0 radical (unpaired) electrons. The third kappa shape index (κ3) is 5.29. The quantitative estimate of drug-likeness (QED) is 0.669. The molecule has 7 heteroatoms. The van der Waals surface area contributed by atoms with Crippen molar-refractivity contribution in [3.63, 3.8) is 0 Å². The van der Waals surface area contributed by atoms with Crippen LogP contribution < -0.4 is 9.46 Å². The molecule has 29 heavy (non-hydrogen) atoms. The highest BCUT2D eigenvalue weighted by Crippen LogP contribution is 2.30. The number of hydrogen-bond acceptors (Lipinski definition) is 4.